The molecule has 2 aromatic carbocycles. The fourth-order valence-corrected chi connectivity index (χ4v) is 4.52. The number of halogens is 2. The Morgan fingerprint density at radius 3 is 2.52 bits per heavy atom. The third-order valence-corrected chi connectivity index (χ3v) is 6.12. The van der Waals surface area contributed by atoms with Gasteiger partial charge in [-0.15, -0.1) is 5.10 Å². The van der Waals surface area contributed by atoms with Crippen molar-refractivity contribution < 1.29 is 13.5 Å². The minimum absolute atomic E-state index is 0.0905. The Labute approximate surface area is 192 Å². The molecular weight excluding hydrogens is 426 g/mol. The first-order chi connectivity index (χ1) is 15.7. The van der Waals surface area contributed by atoms with Gasteiger partial charge >= 0.3 is 0 Å². The lowest BCUT2D eigenvalue weighted by molar-refractivity contribution is -0.0994. The van der Waals surface area contributed by atoms with E-state index in [1.807, 2.05) is 6.07 Å². The summed E-state index contributed by atoms with van der Waals surface area (Å²) in [5.74, 6) is -0.966. The van der Waals surface area contributed by atoms with Gasteiger partial charge in [0.15, 0.2) is 0 Å². The van der Waals surface area contributed by atoms with Crippen molar-refractivity contribution in [2.75, 3.05) is 43.0 Å². The second-order valence-electron chi connectivity index (χ2n) is 9.46. The van der Waals surface area contributed by atoms with E-state index in [4.69, 9.17) is 4.74 Å². The first-order valence-corrected chi connectivity index (χ1v) is 11.1. The fourth-order valence-electron chi connectivity index (χ4n) is 4.52. The van der Waals surface area contributed by atoms with Crippen LogP contribution in [0.3, 0.4) is 0 Å². The molecule has 2 aliphatic rings. The van der Waals surface area contributed by atoms with E-state index in [1.54, 1.807) is 0 Å². The number of nitrogens with one attached hydrogen (secondary N) is 1. The van der Waals surface area contributed by atoms with Gasteiger partial charge < -0.3 is 15.0 Å². The van der Waals surface area contributed by atoms with Crippen molar-refractivity contribution in [1.29, 1.82) is 0 Å². The lowest BCUT2D eigenvalue weighted by Crippen LogP contribution is -2.64. The number of aryl methyl sites for hydroxylation is 1. The lowest BCUT2D eigenvalue weighted by atomic mass is 10.00. The van der Waals surface area contributed by atoms with Crippen LogP contribution < -0.4 is 10.2 Å². The molecule has 1 aromatic heterocycles. The zero-order chi connectivity index (χ0) is 23.2. The number of rotatable bonds is 5. The Bertz CT molecular complexity index is 1140. The molecule has 7 nitrogen and oxygen atoms in total. The third kappa shape index (κ3) is 4.84. The van der Waals surface area contributed by atoms with Crippen LogP contribution in [-0.2, 0) is 4.74 Å². The molecule has 9 heteroatoms. The maximum atomic E-state index is 13.5. The maximum absolute atomic E-state index is 13.5. The minimum Gasteiger partial charge on any atom is -0.373 e. The summed E-state index contributed by atoms with van der Waals surface area (Å²) in [6.07, 6.45) is 1.43. The van der Waals surface area contributed by atoms with E-state index in [0.717, 1.165) is 55.8 Å². The van der Waals surface area contributed by atoms with E-state index in [9.17, 15) is 8.78 Å². The zero-order valence-electron chi connectivity index (χ0n) is 19.1. The summed E-state index contributed by atoms with van der Waals surface area (Å²) in [4.78, 5) is 9.13. The van der Waals surface area contributed by atoms with Gasteiger partial charge in [0.1, 0.15) is 18.0 Å². The summed E-state index contributed by atoms with van der Waals surface area (Å²) < 4.78 is 34.2. The van der Waals surface area contributed by atoms with Gasteiger partial charge in [0.2, 0.25) is 5.95 Å². The maximum Gasteiger partial charge on any atom is 0.246 e. The number of hydrogen-bond donors (Lipinski definition) is 1. The summed E-state index contributed by atoms with van der Waals surface area (Å²) in [6.45, 7) is 11.0. The highest BCUT2D eigenvalue weighted by atomic mass is 19.1. The quantitative estimate of drug-likeness (QED) is 0.631. The molecule has 2 fully saturated rings. The summed E-state index contributed by atoms with van der Waals surface area (Å²) in [6, 6.07) is 10.1. The molecule has 0 bridgehead atoms. The van der Waals surface area contributed by atoms with Crippen molar-refractivity contribution in [3.8, 4) is 5.69 Å². The van der Waals surface area contributed by atoms with E-state index >= 15 is 0 Å². The summed E-state index contributed by atoms with van der Waals surface area (Å²) in [7, 11) is 0. The predicted molar refractivity (Wildman–Crippen MR) is 123 cm³/mol. The van der Waals surface area contributed by atoms with Gasteiger partial charge in [-0.1, -0.05) is 0 Å². The molecule has 174 valence electrons. The SMILES string of the molecule is Cc1cc(Nc2ncn(-c3cc(F)cc(F)c3)n2)cc(N2CC(N3CCOC(C)(C)C3)C2)c1. The van der Waals surface area contributed by atoms with Crippen molar-refractivity contribution in [3.63, 3.8) is 0 Å². The van der Waals surface area contributed by atoms with Crippen LogP contribution in [0.2, 0.25) is 0 Å². The van der Waals surface area contributed by atoms with Crippen LogP contribution >= 0.6 is 0 Å². The highest BCUT2D eigenvalue weighted by Gasteiger charge is 2.37. The molecule has 3 heterocycles. The molecule has 0 amide bonds. The van der Waals surface area contributed by atoms with Crippen LogP contribution in [0.5, 0.6) is 0 Å². The van der Waals surface area contributed by atoms with Crippen LogP contribution in [0.25, 0.3) is 5.69 Å². The van der Waals surface area contributed by atoms with Crippen molar-refractivity contribution in [2.45, 2.75) is 32.4 Å². The van der Waals surface area contributed by atoms with Crippen molar-refractivity contribution in [1.82, 2.24) is 19.7 Å². The molecule has 5 rings (SSSR count). The second kappa shape index (κ2) is 8.39. The molecule has 2 aliphatic heterocycles. The average Bonchev–Trinajstić information content (AvgIpc) is 3.13. The van der Waals surface area contributed by atoms with Crippen LogP contribution in [-0.4, -0.2) is 64.1 Å². The highest BCUT2D eigenvalue weighted by molar-refractivity contribution is 5.65. The normalized spacial score (nSPS) is 18.9. The van der Waals surface area contributed by atoms with Crippen LogP contribution in [0, 0.1) is 18.6 Å². The van der Waals surface area contributed by atoms with Crippen molar-refractivity contribution in [3.05, 3.63) is 59.9 Å². The first-order valence-electron chi connectivity index (χ1n) is 11.1. The molecular formula is C24H28F2N6O. The molecule has 33 heavy (non-hydrogen) atoms. The topological polar surface area (TPSA) is 58.5 Å². The van der Waals surface area contributed by atoms with E-state index in [1.165, 1.54) is 23.1 Å². The van der Waals surface area contributed by atoms with Gasteiger partial charge in [-0.3, -0.25) is 4.90 Å². The summed E-state index contributed by atoms with van der Waals surface area (Å²) in [5, 5.41) is 7.52. The van der Waals surface area contributed by atoms with Gasteiger partial charge in [0, 0.05) is 49.7 Å². The van der Waals surface area contributed by atoms with Crippen molar-refractivity contribution in [2.24, 2.45) is 0 Å². The van der Waals surface area contributed by atoms with Gasteiger partial charge in [-0.25, -0.2) is 13.5 Å². The fraction of sp³-hybridized carbons (Fsp3) is 0.417. The largest absolute Gasteiger partial charge is 0.373 e. The molecule has 0 saturated carbocycles. The average molecular weight is 455 g/mol. The van der Waals surface area contributed by atoms with E-state index in [0.29, 0.717) is 12.0 Å². The Kier molecular flexibility index (Phi) is 5.54. The van der Waals surface area contributed by atoms with Gasteiger partial charge in [0.25, 0.3) is 0 Å². The second-order valence-corrected chi connectivity index (χ2v) is 9.46. The monoisotopic (exact) mass is 454 g/mol. The summed E-state index contributed by atoms with van der Waals surface area (Å²) >= 11 is 0. The summed E-state index contributed by atoms with van der Waals surface area (Å²) in [5.41, 5.74) is 3.32. The highest BCUT2D eigenvalue weighted by Crippen LogP contribution is 2.30. The number of ether oxygens (including phenoxy) is 1. The number of morpholine rings is 1. The van der Waals surface area contributed by atoms with Crippen LogP contribution in [0.15, 0.2) is 42.7 Å². The van der Waals surface area contributed by atoms with E-state index in [-0.39, 0.29) is 11.3 Å². The molecule has 0 spiro atoms. The molecule has 0 aliphatic carbocycles. The number of nitrogens with zero attached hydrogens (tertiary/aromatic N) is 5. The Morgan fingerprint density at radius 1 is 1.03 bits per heavy atom. The van der Waals surface area contributed by atoms with E-state index < -0.39 is 11.6 Å². The Hall–Kier alpha value is -3.04. The minimum atomic E-state index is -0.660. The molecule has 0 atom stereocenters. The molecule has 0 radical (unpaired) electrons. The van der Waals surface area contributed by atoms with Crippen LogP contribution in [0.4, 0.5) is 26.1 Å². The first kappa shape index (κ1) is 21.8. The number of aromatic nitrogens is 3. The van der Waals surface area contributed by atoms with E-state index in [2.05, 4.69) is 58.1 Å². The van der Waals surface area contributed by atoms with Gasteiger partial charge in [-0.2, -0.15) is 4.98 Å². The molecule has 2 saturated heterocycles. The predicted octanol–water partition coefficient (Wildman–Crippen LogP) is 3.90. The zero-order valence-corrected chi connectivity index (χ0v) is 19.1. The molecule has 1 N–H and O–H groups in total. The number of benzene rings is 2. The van der Waals surface area contributed by atoms with Gasteiger partial charge in [-0.05, 0) is 56.7 Å². The Morgan fingerprint density at radius 2 is 1.79 bits per heavy atom. The standard InChI is InChI=1S/C24H28F2N6O/c1-16-6-19(28-23-27-15-32(29-23)21-9-17(25)8-18(26)10-21)11-20(7-16)31-12-22(13-31)30-4-5-33-24(2,3)14-30/h6-11,15,22H,4-5,12-14H2,1-3H3,(H,28,29). The van der Waals surface area contributed by atoms with Crippen LogP contribution in [0.1, 0.15) is 19.4 Å². The smallest absolute Gasteiger partial charge is 0.246 e. The van der Waals surface area contributed by atoms with Crippen molar-refractivity contribution >= 4 is 17.3 Å². The third-order valence-electron chi connectivity index (χ3n) is 6.12. The Balaban J connectivity index is 1.26. The number of anilines is 3. The molecule has 3 aromatic rings. The lowest BCUT2D eigenvalue weighted by Gasteiger charge is -2.50. The van der Waals surface area contributed by atoms with Gasteiger partial charge in [0.05, 0.1) is 17.9 Å². The molecule has 0 unspecified atom stereocenters. The number of hydrogen-bond acceptors (Lipinski definition) is 6.